The molecule has 0 fully saturated rings. The second-order valence-corrected chi connectivity index (χ2v) is 5.94. The Bertz CT molecular complexity index is 1070. The van der Waals surface area contributed by atoms with Crippen molar-refractivity contribution in [3.63, 3.8) is 0 Å². The molecule has 0 saturated carbocycles. The molecule has 0 amide bonds. The summed E-state index contributed by atoms with van der Waals surface area (Å²) in [5, 5.41) is 0.302. The van der Waals surface area contributed by atoms with Crippen LogP contribution in [-0.4, -0.2) is 23.9 Å². The predicted molar refractivity (Wildman–Crippen MR) is 98.0 cm³/mol. The molecule has 1 aromatic heterocycles. The number of rotatable bonds is 6. The van der Waals surface area contributed by atoms with E-state index >= 15 is 0 Å². The van der Waals surface area contributed by atoms with Crippen LogP contribution in [0, 0.1) is 0 Å². The van der Waals surface area contributed by atoms with Crippen LogP contribution in [0.1, 0.15) is 22.8 Å². The minimum absolute atomic E-state index is 0.0887. The maximum atomic E-state index is 12.4. The van der Waals surface area contributed by atoms with E-state index in [1.165, 1.54) is 36.5 Å². The first-order valence-electron chi connectivity index (χ1n) is 8.57. The van der Waals surface area contributed by atoms with E-state index in [1.54, 1.807) is 19.1 Å². The molecule has 0 bridgehead atoms. The predicted octanol–water partition coefficient (Wildman–Crippen LogP) is 4.18. The molecule has 1 heterocycles. The molecule has 0 atom stereocenters. The van der Waals surface area contributed by atoms with E-state index < -0.39 is 17.8 Å². The number of esters is 1. The zero-order valence-corrected chi connectivity index (χ0v) is 15.2. The van der Waals surface area contributed by atoms with Crippen LogP contribution in [0.15, 0.2) is 53.5 Å². The van der Waals surface area contributed by atoms with E-state index in [1.807, 2.05) is 0 Å². The zero-order chi connectivity index (χ0) is 21.0. The lowest BCUT2D eigenvalue weighted by molar-refractivity contribution is -0.274. The molecular weight excluding hydrogens is 391 g/mol. The Morgan fingerprint density at radius 1 is 1.07 bits per heavy atom. The number of H-pyrrole nitrogens is 1. The molecule has 2 aromatic carbocycles. The number of fused-ring (bicyclic) bond motifs is 1. The molecule has 0 radical (unpaired) electrons. The van der Waals surface area contributed by atoms with Gasteiger partial charge in [-0.05, 0) is 36.8 Å². The fourth-order valence-corrected chi connectivity index (χ4v) is 2.61. The monoisotopic (exact) mass is 407 g/mol. The largest absolute Gasteiger partial charge is 0.573 e. The van der Waals surface area contributed by atoms with Crippen LogP contribution in [-0.2, 0) is 11.3 Å². The molecule has 152 valence electrons. The van der Waals surface area contributed by atoms with Crippen LogP contribution in [0.4, 0.5) is 13.2 Å². The number of nitrogens with one attached hydrogen (secondary N) is 1. The van der Waals surface area contributed by atoms with Crippen molar-refractivity contribution >= 4 is 16.9 Å². The Morgan fingerprint density at radius 2 is 1.76 bits per heavy atom. The second-order valence-electron chi connectivity index (χ2n) is 5.94. The molecule has 0 aliphatic rings. The zero-order valence-electron chi connectivity index (χ0n) is 15.2. The molecule has 29 heavy (non-hydrogen) atoms. The SMILES string of the molecule is CCOC(=O)c1c[nH]c2cc(OCc3ccc(OC(F)(F)F)cc3)ccc2c1=O. The summed E-state index contributed by atoms with van der Waals surface area (Å²) in [5.41, 5.74) is 0.554. The number of halogens is 3. The lowest BCUT2D eigenvalue weighted by atomic mass is 10.1. The summed E-state index contributed by atoms with van der Waals surface area (Å²) in [6.07, 6.45) is -3.46. The molecule has 3 aromatic rings. The molecule has 0 aliphatic heterocycles. The van der Waals surface area contributed by atoms with Crippen LogP contribution in [0.2, 0.25) is 0 Å². The average molecular weight is 407 g/mol. The van der Waals surface area contributed by atoms with Crippen molar-refractivity contribution in [2.45, 2.75) is 19.9 Å². The number of aromatic amines is 1. The van der Waals surface area contributed by atoms with Gasteiger partial charge in [0.15, 0.2) is 0 Å². The van der Waals surface area contributed by atoms with Gasteiger partial charge in [0.2, 0.25) is 5.43 Å². The molecule has 0 unspecified atom stereocenters. The lowest BCUT2D eigenvalue weighted by Gasteiger charge is -2.10. The van der Waals surface area contributed by atoms with Crippen molar-refractivity contribution < 1.29 is 32.2 Å². The fourth-order valence-electron chi connectivity index (χ4n) is 2.61. The minimum atomic E-state index is -4.74. The average Bonchev–Trinajstić information content (AvgIpc) is 2.66. The van der Waals surface area contributed by atoms with E-state index in [-0.39, 0.29) is 24.5 Å². The van der Waals surface area contributed by atoms with E-state index in [0.29, 0.717) is 22.2 Å². The molecule has 9 heteroatoms. The van der Waals surface area contributed by atoms with Crippen molar-refractivity contribution in [2.24, 2.45) is 0 Å². The Hall–Kier alpha value is -3.49. The van der Waals surface area contributed by atoms with Crippen LogP contribution in [0.3, 0.4) is 0 Å². The van der Waals surface area contributed by atoms with Gasteiger partial charge < -0.3 is 19.2 Å². The Morgan fingerprint density at radius 3 is 2.41 bits per heavy atom. The van der Waals surface area contributed by atoms with Gasteiger partial charge >= 0.3 is 12.3 Å². The highest BCUT2D eigenvalue weighted by atomic mass is 19.4. The van der Waals surface area contributed by atoms with Crippen LogP contribution in [0.5, 0.6) is 11.5 Å². The summed E-state index contributed by atoms with van der Waals surface area (Å²) in [6, 6.07) is 9.97. The molecule has 1 N–H and O–H groups in total. The second kappa shape index (κ2) is 8.26. The van der Waals surface area contributed by atoms with Gasteiger partial charge in [-0.3, -0.25) is 4.79 Å². The lowest BCUT2D eigenvalue weighted by Crippen LogP contribution is -2.18. The van der Waals surface area contributed by atoms with Gasteiger partial charge in [0.1, 0.15) is 23.7 Å². The van der Waals surface area contributed by atoms with Crippen LogP contribution < -0.4 is 14.9 Å². The Labute approximate surface area is 162 Å². The first-order valence-corrected chi connectivity index (χ1v) is 8.57. The van der Waals surface area contributed by atoms with E-state index in [2.05, 4.69) is 9.72 Å². The number of ether oxygens (including phenoxy) is 3. The number of aromatic nitrogens is 1. The van der Waals surface area contributed by atoms with Gasteiger partial charge in [0.25, 0.3) is 0 Å². The van der Waals surface area contributed by atoms with Gasteiger partial charge in [0.05, 0.1) is 12.1 Å². The molecule has 6 nitrogen and oxygen atoms in total. The van der Waals surface area contributed by atoms with E-state index in [0.717, 1.165) is 0 Å². The quantitative estimate of drug-likeness (QED) is 0.621. The van der Waals surface area contributed by atoms with E-state index in [9.17, 15) is 22.8 Å². The smallest absolute Gasteiger partial charge is 0.489 e. The molecule has 3 rings (SSSR count). The normalized spacial score (nSPS) is 11.3. The fraction of sp³-hybridized carbons (Fsp3) is 0.200. The maximum Gasteiger partial charge on any atom is 0.573 e. The number of hydrogen-bond acceptors (Lipinski definition) is 5. The van der Waals surface area contributed by atoms with Crippen LogP contribution in [0.25, 0.3) is 10.9 Å². The van der Waals surface area contributed by atoms with Gasteiger partial charge in [0, 0.05) is 17.6 Å². The van der Waals surface area contributed by atoms with Crippen molar-refractivity contribution in [1.82, 2.24) is 4.98 Å². The highest BCUT2D eigenvalue weighted by Crippen LogP contribution is 2.23. The van der Waals surface area contributed by atoms with Crippen molar-refractivity contribution in [2.75, 3.05) is 6.61 Å². The van der Waals surface area contributed by atoms with Gasteiger partial charge in [-0.25, -0.2) is 4.79 Å². The standard InChI is InChI=1S/C20H16F3NO5/c1-2-27-19(26)16-10-24-17-9-14(7-8-15(17)18(16)25)28-11-12-3-5-13(6-4-12)29-20(21,22)23/h3-10H,2,11H2,1H3,(H,24,25). The summed E-state index contributed by atoms with van der Waals surface area (Å²) in [6.45, 7) is 1.91. The molecule has 0 aliphatic carbocycles. The first kappa shape index (κ1) is 20.2. The number of carbonyl (C=O) groups excluding carboxylic acids is 1. The van der Waals surface area contributed by atoms with Crippen molar-refractivity contribution in [1.29, 1.82) is 0 Å². The summed E-state index contributed by atoms with van der Waals surface area (Å²) < 4.78 is 50.8. The topological polar surface area (TPSA) is 77.6 Å². The number of pyridine rings is 1. The Balaban J connectivity index is 1.72. The maximum absolute atomic E-state index is 12.4. The first-order chi connectivity index (χ1) is 13.8. The van der Waals surface area contributed by atoms with Gasteiger partial charge in [-0.1, -0.05) is 12.1 Å². The third kappa shape index (κ3) is 5.07. The molecule has 0 spiro atoms. The summed E-state index contributed by atoms with van der Waals surface area (Å²) in [4.78, 5) is 27.1. The van der Waals surface area contributed by atoms with Crippen LogP contribution >= 0.6 is 0 Å². The highest BCUT2D eigenvalue weighted by Gasteiger charge is 2.30. The van der Waals surface area contributed by atoms with E-state index in [4.69, 9.17) is 9.47 Å². The molecular formula is C20H16F3NO5. The summed E-state index contributed by atoms with van der Waals surface area (Å²) in [7, 11) is 0. The van der Waals surface area contributed by atoms with Gasteiger partial charge in [-0.2, -0.15) is 0 Å². The Kier molecular flexibility index (Phi) is 5.76. The highest BCUT2D eigenvalue weighted by molar-refractivity contribution is 5.93. The van der Waals surface area contributed by atoms with Crippen molar-refractivity contribution in [3.8, 4) is 11.5 Å². The number of alkyl halides is 3. The summed E-state index contributed by atoms with van der Waals surface area (Å²) >= 11 is 0. The number of benzene rings is 2. The molecule has 0 saturated heterocycles. The minimum Gasteiger partial charge on any atom is -0.489 e. The number of carbonyl (C=O) groups is 1. The number of hydrogen-bond donors (Lipinski definition) is 1. The van der Waals surface area contributed by atoms with Gasteiger partial charge in [-0.15, -0.1) is 13.2 Å². The third-order valence-electron chi connectivity index (χ3n) is 3.91. The summed E-state index contributed by atoms with van der Waals surface area (Å²) in [5.74, 6) is -0.580. The van der Waals surface area contributed by atoms with Crippen molar-refractivity contribution in [3.05, 3.63) is 70.0 Å². The third-order valence-corrected chi connectivity index (χ3v) is 3.91.